The smallest absolute Gasteiger partial charge is 0.285 e. The van der Waals surface area contributed by atoms with Gasteiger partial charge in [-0.05, 0) is 43.4 Å². The topological polar surface area (TPSA) is 38.7 Å². The number of hydrogen-bond donors (Lipinski definition) is 0. The van der Waals surface area contributed by atoms with Crippen molar-refractivity contribution in [1.82, 2.24) is 0 Å². The number of isothiocyanates is 1. The maximum atomic E-state index is 11.2. The Bertz CT molecular complexity index is 366. The summed E-state index contributed by atoms with van der Waals surface area (Å²) in [4.78, 5) is 14.5. The number of amides is 1. The predicted octanol–water partition coefficient (Wildman–Crippen LogP) is 2.33. The molecule has 0 saturated heterocycles. The van der Waals surface area contributed by atoms with Crippen molar-refractivity contribution in [2.45, 2.75) is 6.92 Å². The van der Waals surface area contributed by atoms with Crippen LogP contribution < -0.4 is 4.74 Å². The van der Waals surface area contributed by atoms with E-state index in [0.29, 0.717) is 12.2 Å². The lowest BCUT2D eigenvalue weighted by molar-refractivity contribution is 0.100. The molecule has 0 aliphatic rings. The second-order valence-corrected chi connectivity index (χ2v) is 2.65. The van der Waals surface area contributed by atoms with Crippen LogP contribution in [0.5, 0.6) is 5.75 Å². The molecule has 0 aliphatic heterocycles. The normalized spacial score (nSPS) is 8.93. The predicted molar refractivity (Wildman–Crippen MR) is 57.0 cm³/mol. The van der Waals surface area contributed by atoms with E-state index in [1.165, 1.54) is 0 Å². The number of ether oxygens (including phenoxy) is 1. The summed E-state index contributed by atoms with van der Waals surface area (Å²) in [5, 5.41) is 2.03. The van der Waals surface area contributed by atoms with Crippen molar-refractivity contribution in [3.63, 3.8) is 0 Å². The maximum absolute atomic E-state index is 11.2. The molecule has 3 nitrogen and oxygen atoms in total. The Hall–Kier alpha value is -1.51. The van der Waals surface area contributed by atoms with Crippen LogP contribution in [0, 0.1) is 0 Å². The summed E-state index contributed by atoms with van der Waals surface area (Å²) >= 11 is 4.33. The first-order valence-electron chi connectivity index (χ1n) is 4.13. The van der Waals surface area contributed by atoms with E-state index in [4.69, 9.17) is 4.74 Å². The third-order valence-corrected chi connectivity index (χ3v) is 1.65. The fourth-order valence-electron chi connectivity index (χ4n) is 0.966. The van der Waals surface area contributed by atoms with Gasteiger partial charge < -0.3 is 4.74 Å². The standard InChI is InChI=1S/C10H9NO2S/c1-2-13-9-5-3-8(4-6-9)10(12)11-7-14/h3-6H,2H2,1H3. The molecule has 0 unspecified atom stereocenters. The number of thiocarbonyl (C=S) groups is 1. The fourth-order valence-corrected chi connectivity index (χ4v) is 1.05. The number of benzene rings is 1. The largest absolute Gasteiger partial charge is 0.494 e. The lowest BCUT2D eigenvalue weighted by Gasteiger charge is -2.01. The van der Waals surface area contributed by atoms with Gasteiger partial charge in [-0.25, -0.2) is 0 Å². The highest BCUT2D eigenvalue weighted by molar-refractivity contribution is 7.78. The van der Waals surface area contributed by atoms with Gasteiger partial charge in [0.15, 0.2) is 0 Å². The summed E-state index contributed by atoms with van der Waals surface area (Å²) in [7, 11) is 0. The highest BCUT2D eigenvalue weighted by atomic mass is 32.1. The SMILES string of the molecule is CCOc1ccc(C(=O)N=C=S)cc1. The molecule has 0 saturated carbocycles. The molecule has 1 amide bonds. The van der Waals surface area contributed by atoms with Crippen LogP contribution in [0.25, 0.3) is 0 Å². The van der Waals surface area contributed by atoms with E-state index in [-0.39, 0.29) is 5.91 Å². The maximum Gasteiger partial charge on any atom is 0.285 e. The van der Waals surface area contributed by atoms with E-state index in [2.05, 4.69) is 17.2 Å². The second kappa shape index (κ2) is 5.27. The van der Waals surface area contributed by atoms with Crippen LogP contribution in [0.2, 0.25) is 0 Å². The first-order valence-corrected chi connectivity index (χ1v) is 4.53. The third kappa shape index (κ3) is 2.76. The van der Waals surface area contributed by atoms with Crippen molar-refractivity contribution in [2.75, 3.05) is 6.61 Å². The van der Waals surface area contributed by atoms with Crippen molar-refractivity contribution in [3.8, 4) is 5.75 Å². The van der Waals surface area contributed by atoms with E-state index < -0.39 is 0 Å². The second-order valence-electron chi connectivity index (χ2n) is 2.47. The molecule has 1 aromatic rings. The van der Waals surface area contributed by atoms with Gasteiger partial charge in [-0.1, -0.05) is 0 Å². The summed E-state index contributed by atoms with van der Waals surface area (Å²) in [5.74, 6) is 0.346. The molecule has 0 spiro atoms. The van der Waals surface area contributed by atoms with Gasteiger partial charge in [0.05, 0.1) is 11.8 Å². The van der Waals surface area contributed by atoms with Crippen LogP contribution in [0.4, 0.5) is 0 Å². The van der Waals surface area contributed by atoms with Gasteiger partial charge in [-0.15, -0.1) is 0 Å². The minimum Gasteiger partial charge on any atom is -0.494 e. The molecular formula is C10H9NO2S. The van der Waals surface area contributed by atoms with Crippen LogP contribution in [0.3, 0.4) is 0 Å². The Kier molecular flexibility index (Phi) is 3.98. The molecule has 0 aromatic heterocycles. The van der Waals surface area contributed by atoms with Crippen LogP contribution in [-0.4, -0.2) is 17.7 Å². The van der Waals surface area contributed by atoms with E-state index in [0.717, 1.165) is 5.75 Å². The molecule has 72 valence electrons. The minimum absolute atomic E-state index is 0.386. The Labute approximate surface area is 87.4 Å². The Balaban J connectivity index is 2.82. The molecule has 0 bridgehead atoms. The van der Waals surface area contributed by atoms with E-state index in [9.17, 15) is 4.79 Å². The molecule has 1 aromatic carbocycles. The first kappa shape index (κ1) is 10.6. The average molecular weight is 207 g/mol. The minimum atomic E-state index is -0.386. The molecule has 0 aliphatic carbocycles. The zero-order valence-corrected chi connectivity index (χ0v) is 8.50. The number of nitrogens with zero attached hydrogens (tertiary/aromatic N) is 1. The molecule has 0 atom stereocenters. The Morgan fingerprint density at radius 2 is 2.14 bits per heavy atom. The lowest BCUT2D eigenvalue weighted by atomic mass is 10.2. The number of rotatable bonds is 3. The molecular weight excluding hydrogens is 198 g/mol. The summed E-state index contributed by atoms with van der Waals surface area (Å²) in [6.45, 7) is 2.50. The molecule has 4 heteroatoms. The van der Waals surface area contributed by atoms with Gasteiger partial charge in [-0.3, -0.25) is 4.79 Å². The fraction of sp³-hybridized carbons (Fsp3) is 0.200. The highest BCUT2D eigenvalue weighted by Gasteiger charge is 2.02. The summed E-state index contributed by atoms with van der Waals surface area (Å²) < 4.78 is 5.22. The monoisotopic (exact) mass is 207 g/mol. The number of aliphatic imine (C=N–C) groups is 1. The van der Waals surface area contributed by atoms with Gasteiger partial charge in [0.2, 0.25) is 0 Å². The molecule has 0 radical (unpaired) electrons. The quantitative estimate of drug-likeness (QED) is 0.564. The van der Waals surface area contributed by atoms with E-state index in [1.807, 2.05) is 12.1 Å². The van der Waals surface area contributed by atoms with Crippen LogP contribution in [-0.2, 0) is 0 Å². The zero-order chi connectivity index (χ0) is 10.4. The van der Waals surface area contributed by atoms with Crippen LogP contribution in [0.1, 0.15) is 17.3 Å². The lowest BCUT2D eigenvalue weighted by Crippen LogP contribution is -1.95. The third-order valence-electron chi connectivity index (χ3n) is 1.56. The first-order chi connectivity index (χ1) is 6.77. The molecule has 14 heavy (non-hydrogen) atoms. The average Bonchev–Trinajstić information content (AvgIpc) is 2.20. The van der Waals surface area contributed by atoms with Crippen LogP contribution in [0.15, 0.2) is 29.3 Å². The molecule has 1 rings (SSSR count). The van der Waals surface area contributed by atoms with E-state index in [1.54, 1.807) is 24.3 Å². The van der Waals surface area contributed by atoms with Crippen molar-refractivity contribution >= 4 is 23.3 Å². The zero-order valence-electron chi connectivity index (χ0n) is 7.69. The van der Waals surface area contributed by atoms with Gasteiger partial charge >= 0.3 is 0 Å². The molecule has 0 N–H and O–H groups in total. The van der Waals surface area contributed by atoms with E-state index >= 15 is 0 Å². The number of carbonyl (C=O) groups excluding carboxylic acids is 1. The highest BCUT2D eigenvalue weighted by Crippen LogP contribution is 2.12. The van der Waals surface area contributed by atoms with Gasteiger partial charge in [0.1, 0.15) is 5.75 Å². The summed E-state index contributed by atoms with van der Waals surface area (Å²) in [6.07, 6.45) is 0. The van der Waals surface area contributed by atoms with Gasteiger partial charge in [-0.2, -0.15) is 4.99 Å². The van der Waals surface area contributed by atoms with Gasteiger partial charge in [0, 0.05) is 5.56 Å². The Morgan fingerprint density at radius 1 is 1.50 bits per heavy atom. The van der Waals surface area contributed by atoms with Crippen molar-refractivity contribution < 1.29 is 9.53 Å². The Morgan fingerprint density at radius 3 is 2.64 bits per heavy atom. The molecule has 0 fully saturated rings. The van der Waals surface area contributed by atoms with Gasteiger partial charge in [0.25, 0.3) is 5.91 Å². The molecule has 0 heterocycles. The van der Waals surface area contributed by atoms with Crippen molar-refractivity contribution in [1.29, 1.82) is 0 Å². The van der Waals surface area contributed by atoms with Crippen LogP contribution >= 0.6 is 12.2 Å². The number of hydrogen-bond acceptors (Lipinski definition) is 3. The summed E-state index contributed by atoms with van der Waals surface area (Å²) in [6, 6.07) is 6.72. The van der Waals surface area contributed by atoms with Crippen molar-refractivity contribution in [3.05, 3.63) is 29.8 Å². The van der Waals surface area contributed by atoms with Crippen molar-refractivity contribution in [2.24, 2.45) is 4.99 Å². The number of carbonyl (C=O) groups is 1. The summed E-state index contributed by atoms with van der Waals surface area (Å²) in [5.41, 5.74) is 0.478.